The van der Waals surface area contributed by atoms with Crippen molar-refractivity contribution in [2.24, 2.45) is 0 Å². The molecule has 0 fully saturated rings. The minimum absolute atomic E-state index is 0.160. The molecule has 2 rings (SSSR count). The fourth-order valence-electron chi connectivity index (χ4n) is 1.51. The molecule has 0 aliphatic carbocycles. The molecule has 102 valence electrons. The average Bonchev–Trinajstić information content (AvgIpc) is 3.03. The zero-order valence-electron chi connectivity index (χ0n) is 10.4. The largest absolute Gasteiger partial charge is 0.383 e. The third-order valence-electron chi connectivity index (χ3n) is 2.45. The maximum absolute atomic E-state index is 10.6. The Labute approximate surface area is 114 Å². The number of nitrogens with zero attached hydrogens (tertiary/aromatic N) is 3. The molecule has 19 heavy (non-hydrogen) atoms. The van der Waals surface area contributed by atoms with Crippen LogP contribution in [0, 0.1) is 10.1 Å². The second-order valence-corrected chi connectivity index (χ2v) is 4.98. The van der Waals surface area contributed by atoms with Crippen LogP contribution in [-0.2, 0) is 17.8 Å². The van der Waals surface area contributed by atoms with Gasteiger partial charge in [0.05, 0.1) is 30.0 Å². The molecule has 0 amide bonds. The fourth-order valence-corrected chi connectivity index (χ4v) is 2.27. The zero-order valence-corrected chi connectivity index (χ0v) is 11.2. The zero-order chi connectivity index (χ0) is 13.7. The van der Waals surface area contributed by atoms with Crippen molar-refractivity contribution in [3.05, 3.63) is 39.5 Å². The summed E-state index contributed by atoms with van der Waals surface area (Å²) in [7, 11) is 1.65. The van der Waals surface area contributed by atoms with Gasteiger partial charge in [-0.05, 0) is 6.07 Å². The fraction of sp³-hybridized carbons (Fsp3) is 0.364. The lowest BCUT2D eigenvalue weighted by Gasteiger charge is -2.00. The number of hydrogen-bond acceptors (Lipinski definition) is 6. The molecule has 2 heterocycles. The normalized spacial score (nSPS) is 10.6. The summed E-state index contributed by atoms with van der Waals surface area (Å²) in [6.07, 6.45) is 3.60. The summed E-state index contributed by atoms with van der Waals surface area (Å²) < 4.78 is 6.75. The molecule has 1 N–H and O–H groups in total. The quantitative estimate of drug-likeness (QED) is 0.621. The smallest absolute Gasteiger partial charge is 0.324 e. The number of rotatable bonds is 7. The number of anilines is 1. The second-order valence-electron chi connectivity index (χ2n) is 3.84. The van der Waals surface area contributed by atoms with Crippen molar-refractivity contribution in [3.63, 3.8) is 0 Å². The Balaban J connectivity index is 1.87. The highest BCUT2D eigenvalue weighted by Gasteiger charge is 2.09. The van der Waals surface area contributed by atoms with Gasteiger partial charge in [-0.3, -0.25) is 14.8 Å². The Hall–Kier alpha value is -1.93. The minimum Gasteiger partial charge on any atom is -0.383 e. The van der Waals surface area contributed by atoms with Gasteiger partial charge in [0, 0.05) is 30.8 Å². The summed E-state index contributed by atoms with van der Waals surface area (Å²) in [5.74, 6) is 0. The first-order valence-corrected chi connectivity index (χ1v) is 6.49. The first-order valence-electron chi connectivity index (χ1n) is 5.67. The third-order valence-corrected chi connectivity index (χ3v) is 3.49. The molecular formula is C11H14N4O3S. The maximum atomic E-state index is 10.6. The van der Waals surface area contributed by atoms with Gasteiger partial charge in [-0.1, -0.05) is 11.3 Å². The molecule has 8 heteroatoms. The number of nitro groups is 1. The van der Waals surface area contributed by atoms with Gasteiger partial charge in [0.1, 0.15) is 0 Å². The van der Waals surface area contributed by atoms with E-state index < -0.39 is 0 Å². The van der Waals surface area contributed by atoms with E-state index in [0.717, 1.165) is 10.6 Å². The van der Waals surface area contributed by atoms with Gasteiger partial charge in [-0.2, -0.15) is 5.10 Å². The molecule has 0 bridgehead atoms. The van der Waals surface area contributed by atoms with Crippen molar-refractivity contribution in [1.82, 2.24) is 9.78 Å². The van der Waals surface area contributed by atoms with Crippen LogP contribution in [0.25, 0.3) is 0 Å². The summed E-state index contributed by atoms with van der Waals surface area (Å²) in [4.78, 5) is 11.1. The van der Waals surface area contributed by atoms with E-state index in [9.17, 15) is 10.1 Å². The average molecular weight is 282 g/mol. The van der Waals surface area contributed by atoms with Gasteiger partial charge < -0.3 is 10.1 Å². The molecule has 0 aliphatic rings. The van der Waals surface area contributed by atoms with E-state index in [2.05, 4.69) is 10.4 Å². The van der Waals surface area contributed by atoms with Crippen LogP contribution in [0.15, 0.2) is 24.5 Å². The number of methoxy groups -OCH3 is 1. The van der Waals surface area contributed by atoms with E-state index in [1.54, 1.807) is 24.1 Å². The van der Waals surface area contributed by atoms with E-state index in [0.29, 0.717) is 19.7 Å². The molecule has 0 spiro atoms. The Kier molecular flexibility index (Phi) is 4.48. The monoisotopic (exact) mass is 282 g/mol. The van der Waals surface area contributed by atoms with Gasteiger partial charge in [-0.25, -0.2) is 0 Å². The van der Waals surface area contributed by atoms with Crippen LogP contribution in [0.3, 0.4) is 0 Å². The van der Waals surface area contributed by atoms with Gasteiger partial charge >= 0.3 is 5.00 Å². The van der Waals surface area contributed by atoms with Crippen molar-refractivity contribution < 1.29 is 9.66 Å². The van der Waals surface area contributed by atoms with Gasteiger partial charge in [0.25, 0.3) is 0 Å². The van der Waals surface area contributed by atoms with Crippen molar-refractivity contribution in [1.29, 1.82) is 0 Å². The molecule has 0 radical (unpaired) electrons. The van der Waals surface area contributed by atoms with Crippen LogP contribution in [0.5, 0.6) is 0 Å². The lowest BCUT2D eigenvalue weighted by molar-refractivity contribution is -0.380. The van der Waals surface area contributed by atoms with E-state index in [4.69, 9.17) is 4.74 Å². The third kappa shape index (κ3) is 3.76. The summed E-state index contributed by atoms with van der Waals surface area (Å²) in [6.45, 7) is 1.86. The lowest BCUT2D eigenvalue weighted by atomic mass is 10.4. The second kappa shape index (κ2) is 6.30. The number of thiophene rings is 1. The number of ether oxygens (including phenoxy) is 1. The predicted octanol–water partition coefficient (Wildman–Crippen LogP) is 2.11. The molecule has 0 saturated heterocycles. The molecule has 0 aliphatic heterocycles. The summed E-state index contributed by atoms with van der Waals surface area (Å²) in [5, 5.41) is 18.1. The molecule has 0 unspecified atom stereocenters. The first kappa shape index (κ1) is 13.5. The maximum Gasteiger partial charge on any atom is 0.324 e. The Bertz CT molecular complexity index is 552. The summed E-state index contributed by atoms with van der Waals surface area (Å²) >= 11 is 1.17. The molecule has 2 aromatic heterocycles. The van der Waals surface area contributed by atoms with E-state index in [-0.39, 0.29) is 9.92 Å². The van der Waals surface area contributed by atoms with Crippen molar-refractivity contribution >= 4 is 22.0 Å². The SMILES string of the molecule is COCCn1cc(NCc2ccc([N+](=O)[O-])s2)cn1. The highest BCUT2D eigenvalue weighted by atomic mass is 32.1. The van der Waals surface area contributed by atoms with Crippen LogP contribution in [-0.4, -0.2) is 28.4 Å². The van der Waals surface area contributed by atoms with E-state index >= 15 is 0 Å². The molecule has 2 aromatic rings. The van der Waals surface area contributed by atoms with Crippen molar-refractivity contribution in [3.8, 4) is 0 Å². The number of aromatic nitrogens is 2. The van der Waals surface area contributed by atoms with Gasteiger partial charge in [-0.15, -0.1) is 0 Å². The molecule has 0 saturated carbocycles. The van der Waals surface area contributed by atoms with Gasteiger partial charge in [0.15, 0.2) is 0 Å². The van der Waals surface area contributed by atoms with E-state index in [1.165, 1.54) is 17.4 Å². The van der Waals surface area contributed by atoms with Crippen LogP contribution >= 0.6 is 11.3 Å². The lowest BCUT2D eigenvalue weighted by Crippen LogP contribution is -2.04. The molecule has 7 nitrogen and oxygen atoms in total. The Morgan fingerprint density at radius 2 is 2.42 bits per heavy atom. The molecule has 0 aromatic carbocycles. The summed E-state index contributed by atoms with van der Waals surface area (Å²) in [5.41, 5.74) is 0.882. The summed E-state index contributed by atoms with van der Waals surface area (Å²) in [6, 6.07) is 3.27. The predicted molar refractivity (Wildman–Crippen MR) is 72.4 cm³/mol. The minimum atomic E-state index is -0.378. The molecular weight excluding hydrogens is 268 g/mol. The highest BCUT2D eigenvalue weighted by molar-refractivity contribution is 7.15. The topological polar surface area (TPSA) is 82.2 Å². The van der Waals surface area contributed by atoms with Crippen LogP contribution < -0.4 is 5.32 Å². The van der Waals surface area contributed by atoms with Crippen LogP contribution in [0.4, 0.5) is 10.7 Å². The van der Waals surface area contributed by atoms with E-state index in [1.807, 2.05) is 6.20 Å². The highest BCUT2D eigenvalue weighted by Crippen LogP contribution is 2.24. The molecule has 0 atom stereocenters. The number of nitrogens with one attached hydrogen (secondary N) is 1. The van der Waals surface area contributed by atoms with Crippen molar-refractivity contribution in [2.75, 3.05) is 19.0 Å². The van der Waals surface area contributed by atoms with Gasteiger partial charge in [0.2, 0.25) is 0 Å². The van der Waals surface area contributed by atoms with Crippen molar-refractivity contribution in [2.45, 2.75) is 13.1 Å². The Morgan fingerprint density at radius 1 is 1.58 bits per heavy atom. The van der Waals surface area contributed by atoms with Crippen LogP contribution in [0.1, 0.15) is 4.88 Å². The standard InChI is InChI=1S/C11H14N4O3S/c1-18-5-4-14-8-9(6-13-14)12-7-10-2-3-11(19-10)15(16)17/h2-3,6,8,12H,4-5,7H2,1H3. The Morgan fingerprint density at radius 3 is 3.11 bits per heavy atom. The van der Waals surface area contributed by atoms with Crippen LogP contribution in [0.2, 0.25) is 0 Å². The first-order chi connectivity index (χ1) is 9.19. The number of hydrogen-bond donors (Lipinski definition) is 1.